The summed E-state index contributed by atoms with van der Waals surface area (Å²) in [6.45, 7) is 3.05. The minimum atomic E-state index is -0.0695. The van der Waals surface area contributed by atoms with E-state index in [0.29, 0.717) is 5.16 Å². The highest BCUT2D eigenvalue weighted by Gasteiger charge is 2.11. The van der Waals surface area contributed by atoms with Crippen molar-refractivity contribution in [2.24, 2.45) is 0 Å². The van der Waals surface area contributed by atoms with Crippen molar-refractivity contribution in [2.45, 2.75) is 18.6 Å². The lowest BCUT2D eigenvalue weighted by Gasteiger charge is -2.06. The second-order valence-corrected chi connectivity index (χ2v) is 6.58. The standard InChI is InChI=1S/C18H17N5OS/c1-2-23-15-6-4-3-5-13(15)14-9-12(7-8-16(14)23)21-17(24)10-25-18-19-11-20-22-18/h3-9,11H,2,10H2,1H3,(H,21,24)(H,19,20,22). The molecule has 1 amide bonds. The Morgan fingerprint density at radius 2 is 2.04 bits per heavy atom. The van der Waals surface area contributed by atoms with Gasteiger partial charge in [0.15, 0.2) is 5.16 Å². The Balaban J connectivity index is 1.60. The summed E-state index contributed by atoms with van der Waals surface area (Å²) in [4.78, 5) is 16.2. The number of thioether (sulfide) groups is 1. The lowest BCUT2D eigenvalue weighted by Crippen LogP contribution is -2.14. The quantitative estimate of drug-likeness (QED) is 0.538. The van der Waals surface area contributed by atoms with Crippen LogP contribution in [0.4, 0.5) is 5.69 Å². The van der Waals surface area contributed by atoms with Crippen LogP contribution in [-0.2, 0) is 11.3 Å². The van der Waals surface area contributed by atoms with Crippen LogP contribution in [0, 0.1) is 0 Å². The normalized spacial score (nSPS) is 11.2. The first kappa shape index (κ1) is 15.7. The molecule has 2 aromatic carbocycles. The Morgan fingerprint density at radius 1 is 1.20 bits per heavy atom. The molecule has 0 bridgehead atoms. The fourth-order valence-electron chi connectivity index (χ4n) is 3.07. The molecule has 0 aliphatic heterocycles. The van der Waals surface area contributed by atoms with E-state index >= 15 is 0 Å². The summed E-state index contributed by atoms with van der Waals surface area (Å²) >= 11 is 1.32. The Morgan fingerprint density at radius 3 is 2.84 bits per heavy atom. The van der Waals surface area contributed by atoms with E-state index in [9.17, 15) is 4.79 Å². The molecule has 2 N–H and O–H groups in total. The summed E-state index contributed by atoms with van der Waals surface area (Å²) in [5.41, 5.74) is 3.19. The van der Waals surface area contributed by atoms with Gasteiger partial charge in [0, 0.05) is 34.0 Å². The van der Waals surface area contributed by atoms with Gasteiger partial charge in [-0.25, -0.2) is 4.98 Å². The lowest BCUT2D eigenvalue weighted by atomic mass is 10.1. The smallest absolute Gasteiger partial charge is 0.234 e. The minimum absolute atomic E-state index is 0.0695. The van der Waals surface area contributed by atoms with Crippen molar-refractivity contribution in [1.82, 2.24) is 19.7 Å². The van der Waals surface area contributed by atoms with Crippen molar-refractivity contribution in [2.75, 3.05) is 11.1 Å². The molecule has 0 atom stereocenters. The first-order valence-corrected chi connectivity index (χ1v) is 9.04. The van der Waals surface area contributed by atoms with Gasteiger partial charge in [0.1, 0.15) is 6.33 Å². The number of aromatic amines is 1. The summed E-state index contributed by atoms with van der Waals surface area (Å²) in [6.07, 6.45) is 1.43. The van der Waals surface area contributed by atoms with Crippen molar-refractivity contribution >= 4 is 45.2 Å². The topological polar surface area (TPSA) is 75.6 Å². The highest BCUT2D eigenvalue weighted by atomic mass is 32.2. The monoisotopic (exact) mass is 351 g/mol. The highest BCUT2D eigenvalue weighted by Crippen LogP contribution is 2.31. The maximum Gasteiger partial charge on any atom is 0.234 e. The molecule has 7 heteroatoms. The molecule has 0 radical (unpaired) electrons. The molecule has 2 heterocycles. The maximum absolute atomic E-state index is 12.2. The van der Waals surface area contributed by atoms with Gasteiger partial charge >= 0.3 is 0 Å². The van der Waals surface area contributed by atoms with Gasteiger partial charge in [0.05, 0.1) is 5.75 Å². The molecule has 0 unspecified atom stereocenters. The molecule has 0 fully saturated rings. The van der Waals surface area contributed by atoms with Crippen LogP contribution in [0.25, 0.3) is 21.8 Å². The first-order valence-electron chi connectivity index (χ1n) is 8.05. The molecule has 126 valence electrons. The molecule has 0 aliphatic rings. The van der Waals surface area contributed by atoms with E-state index in [4.69, 9.17) is 0 Å². The van der Waals surface area contributed by atoms with E-state index in [1.165, 1.54) is 34.5 Å². The van der Waals surface area contributed by atoms with Gasteiger partial charge in [-0.3, -0.25) is 9.89 Å². The number of carbonyl (C=O) groups excluding carboxylic acids is 1. The number of H-pyrrole nitrogens is 1. The van der Waals surface area contributed by atoms with Gasteiger partial charge in [0.25, 0.3) is 0 Å². The van der Waals surface area contributed by atoms with Crippen LogP contribution in [0.5, 0.6) is 0 Å². The molecule has 0 saturated heterocycles. The number of hydrogen-bond donors (Lipinski definition) is 2. The summed E-state index contributed by atoms with van der Waals surface area (Å²) in [5.74, 6) is 0.212. The molecule has 6 nitrogen and oxygen atoms in total. The average Bonchev–Trinajstić information content (AvgIpc) is 3.25. The number of aromatic nitrogens is 4. The predicted octanol–water partition coefficient (Wildman–Crippen LogP) is 3.66. The molecule has 2 aromatic heterocycles. The number of para-hydroxylation sites is 1. The third-order valence-electron chi connectivity index (χ3n) is 4.11. The number of amides is 1. The maximum atomic E-state index is 12.2. The zero-order valence-electron chi connectivity index (χ0n) is 13.7. The second-order valence-electron chi connectivity index (χ2n) is 5.62. The zero-order chi connectivity index (χ0) is 17.2. The SMILES string of the molecule is CCn1c2ccccc2c2cc(NC(=O)CSc3ncn[nH]3)ccc21. The van der Waals surface area contributed by atoms with E-state index < -0.39 is 0 Å². The Hall–Kier alpha value is -2.80. The number of nitrogens with zero attached hydrogens (tertiary/aromatic N) is 3. The van der Waals surface area contributed by atoms with Crippen LogP contribution in [-0.4, -0.2) is 31.4 Å². The number of hydrogen-bond acceptors (Lipinski definition) is 4. The van der Waals surface area contributed by atoms with Crippen LogP contribution in [0.15, 0.2) is 53.9 Å². The number of benzene rings is 2. The van der Waals surface area contributed by atoms with E-state index in [1.807, 2.05) is 18.2 Å². The zero-order valence-corrected chi connectivity index (χ0v) is 14.5. The molecular weight excluding hydrogens is 334 g/mol. The number of fused-ring (bicyclic) bond motifs is 3. The van der Waals surface area contributed by atoms with Crippen LogP contribution < -0.4 is 5.32 Å². The van der Waals surface area contributed by atoms with Crippen molar-refractivity contribution in [3.05, 3.63) is 48.8 Å². The Kier molecular flexibility index (Phi) is 4.15. The summed E-state index contributed by atoms with van der Waals surface area (Å²) < 4.78 is 2.29. The van der Waals surface area contributed by atoms with Gasteiger partial charge in [-0.1, -0.05) is 30.0 Å². The van der Waals surface area contributed by atoms with Crippen LogP contribution in [0.3, 0.4) is 0 Å². The van der Waals surface area contributed by atoms with Crippen molar-refractivity contribution < 1.29 is 4.79 Å². The van der Waals surface area contributed by atoms with Gasteiger partial charge < -0.3 is 9.88 Å². The van der Waals surface area contributed by atoms with E-state index in [0.717, 1.165) is 17.6 Å². The third kappa shape index (κ3) is 2.98. The van der Waals surface area contributed by atoms with Crippen LogP contribution in [0.1, 0.15) is 6.92 Å². The van der Waals surface area contributed by atoms with Crippen LogP contribution >= 0.6 is 11.8 Å². The Labute approximate surface area is 148 Å². The van der Waals surface area contributed by atoms with Gasteiger partial charge in [-0.05, 0) is 31.2 Å². The fraction of sp³-hybridized carbons (Fsp3) is 0.167. The highest BCUT2D eigenvalue weighted by molar-refractivity contribution is 7.99. The molecule has 4 rings (SSSR count). The second kappa shape index (κ2) is 6.60. The van der Waals surface area contributed by atoms with Crippen molar-refractivity contribution in [1.29, 1.82) is 0 Å². The van der Waals surface area contributed by atoms with Gasteiger partial charge in [0.2, 0.25) is 5.91 Å². The van der Waals surface area contributed by atoms with E-state index in [2.05, 4.69) is 56.3 Å². The summed E-state index contributed by atoms with van der Waals surface area (Å²) in [6, 6.07) is 14.4. The predicted molar refractivity (Wildman–Crippen MR) is 101 cm³/mol. The molecule has 4 aromatic rings. The number of rotatable bonds is 5. The van der Waals surface area contributed by atoms with Gasteiger partial charge in [-0.2, -0.15) is 5.10 Å². The Bertz CT molecular complexity index is 1040. The third-order valence-corrected chi connectivity index (χ3v) is 4.98. The van der Waals surface area contributed by atoms with Crippen molar-refractivity contribution in [3.63, 3.8) is 0 Å². The number of anilines is 1. The van der Waals surface area contributed by atoms with Crippen LogP contribution in [0.2, 0.25) is 0 Å². The van der Waals surface area contributed by atoms with Crippen molar-refractivity contribution in [3.8, 4) is 0 Å². The molecule has 0 spiro atoms. The number of aryl methyl sites for hydroxylation is 1. The van der Waals surface area contributed by atoms with Gasteiger partial charge in [-0.15, -0.1) is 0 Å². The molecule has 0 aliphatic carbocycles. The molecule has 0 saturated carbocycles. The molecule has 25 heavy (non-hydrogen) atoms. The summed E-state index contributed by atoms with van der Waals surface area (Å²) in [7, 11) is 0. The summed E-state index contributed by atoms with van der Waals surface area (Å²) in [5, 5.41) is 12.4. The number of carbonyl (C=O) groups is 1. The lowest BCUT2D eigenvalue weighted by molar-refractivity contribution is -0.113. The first-order chi connectivity index (χ1) is 12.3. The molecular formula is C18H17N5OS. The number of nitrogens with one attached hydrogen (secondary N) is 2. The van der Waals surface area contributed by atoms with E-state index in [1.54, 1.807) is 0 Å². The largest absolute Gasteiger partial charge is 0.341 e. The van der Waals surface area contributed by atoms with E-state index in [-0.39, 0.29) is 11.7 Å². The fourth-order valence-corrected chi connectivity index (χ4v) is 3.65. The average molecular weight is 351 g/mol. The minimum Gasteiger partial charge on any atom is -0.341 e.